The van der Waals surface area contributed by atoms with Gasteiger partial charge in [-0.05, 0) is 58.9 Å². The maximum absolute atomic E-state index is 13.0. The standard InChI is InChI=1S/C23H34N2O4/c1-18(19-10-6-5-7-11-19)25-16-9-13-23(29-21(25)27)12-8-15-24(17-14-23)20(26)28-22(2,3)4/h5-7,10-11,18H,8-9,12-17H2,1-4H3. The van der Waals surface area contributed by atoms with Crippen LogP contribution in [0.15, 0.2) is 30.3 Å². The molecule has 2 atom stereocenters. The minimum atomic E-state index is -0.510. The molecule has 1 spiro atoms. The fraction of sp³-hybridized carbons (Fsp3) is 0.652. The van der Waals surface area contributed by atoms with Gasteiger partial charge in [-0.3, -0.25) is 0 Å². The summed E-state index contributed by atoms with van der Waals surface area (Å²) in [5.74, 6) is 0. The van der Waals surface area contributed by atoms with Crippen molar-refractivity contribution in [3.8, 4) is 0 Å². The van der Waals surface area contributed by atoms with E-state index >= 15 is 0 Å². The Labute approximate surface area is 174 Å². The number of hydrogen-bond donors (Lipinski definition) is 0. The van der Waals surface area contributed by atoms with Crippen molar-refractivity contribution in [3.05, 3.63) is 35.9 Å². The first-order valence-electron chi connectivity index (χ1n) is 10.7. The van der Waals surface area contributed by atoms with Gasteiger partial charge in [0.25, 0.3) is 0 Å². The molecular formula is C23H34N2O4. The first-order valence-corrected chi connectivity index (χ1v) is 10.7. The van der Waals surface area contributed by atoms with Crippen molar-refractivity contribution in [1.29, 1.82) is 0 Å². The lowest BCUT2D eigenvalue weighted by Gasteiger charge is -2.33. The molecule has 2 aliphatic rings. The van der Waals surface area contributed by atoms with E-state index in [9.17, 15) is 9.59 Å². The third-order valence-corrected chi connectivity index (χ3v) is 5.87. The summed E-state index contributed by atoms with van der Waals surface area (Å²) in [6.45, 7) is 9.55. The summed E-state index contributed by atoms with van der Waals surface area (Å²) in [7, 11) is 0. The Morgan fingerprint density at radius 1 is 1.07 bits per heavy atom. The van der Waals surface area contributed by atoms with Crippen LogP contribution in [0, 0.1) is 0 Å². The van der Waals surface area contributed by atoms with Gasteiger partial charge in [0.2, 0.25) is 0 Å². The van der Waals surface area contributed by atoms with Gasteiger partial charge in [0.1, 0.15) is 11.2 Å². The highest BCUT2D eigenvalue weighted by molar-refractivity contribution is 5.70. The van der Waals surface area contributed by atoms with Gasteiger partial charge < -0.3 is 19.3 Å². The molecule has 29 heavy (non-hydrogen) atoms. The van der Waals surface area contributed by atoms with Gasteiger partial charge in [-0.2, -0.15) is 0 Å². The van der Waals surface area contributed by atoms with Crippen molar-refractivity contribution in [2.45, 2.75) is 77.0 Å². The minimum absolute atomic E-state index is 0.0251. The molecular weight excluding hydrogens is 368 g/mol. The Morgan fingerprint density at radius 3 is 2.38 bits per heavy atom. The predicted octanol–water partition coefficient (Wildman–Crippen LogP) is 5.14. The van der Waals surface area contributed by atoms with Gasteiger partial charge >= 0.3 is 12.2 Å². The zero-order valence-electron chi connectivity index (χ0n) is 18.1. The molecule has 6 nitrogen and oxygen atoms in total. The molecule has 0 saturated carbocycles. The molecule has 160 valence electrons. The van der Waals surface area contributed by atoms with Crippen LogP contribution in [0.3, 0.4) is 0 Å². The average molecular weight is 403 g/mol. The first kappa shape index (κ1) is 21.5. The first-order chi connectivity index (χ1) is 13.7. The highest BCUT2D eigenvalue weighted by Crippen LogP contribution is 2.36. The molecule has 2 aliphatic heterocycles. The summed E-state index contributed by atoms with van der Waals surface area (Å²) >= 11 is 0. The second-order valence-electron chi connectivity index (χ2n) is 9.26. The zero-order valence-corrected chi connectivity index (χ0v) is 18.1. The number of likely N-dealkylation sites (tertiary alicyclic amines) is 1. The molecule has 1 aromatic rings. The fourth-order valence-electron chi connectivity index (χ4n) is 4.25. The molecule has 0 aromatic heterocycles. The third kappa shape index (κ3) is 5.43. The molecule has 2 saturated heterocycles. The number of benzene rings is 1. The Kier molecular flexibility index (Phi) is 6.39. The summed E-state index contributed by atoms with van der Waals surface area (Å²) in [6, 6.07) is 10.0. The minimum Gasteiger partial charge on any atom is -0.444 e. The largest absolute Gasteiger partial charge is 0.444 e. The molecule has 0 N–H and O–H groups in total. The van der Waals surface area contributed by atoms with Gasteiger partial charge in [-0.1, -0.05) is 30.3 Å². The highest BCUT2D eigenvalue weighted by Gasteiger charge is 2.41. The van der Waals surface area contributed by atoms with Crippen LogP contribution in [0.2, 0.25) is 0 Å². The van der Waals surface area contributed by atoms with E-state index in [0.29, 0.717) is 26.1 Å². The summed E-state index contributed by atoms with van der Waals surface area (Å²) in [6.07, 6.45) is 3.45. The number of nitrogens with zero attached hydrogens (tertiary/aromatic N) is 2. The van der Waals surface area contributed by atoms with E-state index in [4.69, 9.17) is 9.47 Å². The Balaban J connectivity index is 1.66. The van der Waals surface area contributed by atoms with E-state index in [0.717, 1.165) is 31.2 Å². The number of carbonyl (C=O) groups is 2. The van der Waals surface area contributed by atoms with Crippen molar-refractivity contribution in [1.82, 2.24) is 9.80 Å². The van der Waals surface area contributed by atoms with E-state index in [1.807, 2.05) is 62.9 Å². The number of rotatable bonds is 2. The molecule has 2 heterocycles. The highest BCUT2D eigenvalue weighted by atomic mass is 16.6. The van der Waals surface area contributed by atoms with E-state index in [-0.39, 0.29) is 18.2 Å². The number of hydrogen-bond acceptors (Lipinski definition) is 4. The third-order valence-electron chi connectivity index (χ3n) is 5.87. The second-order valence-corrected chi connectivity index (χ2v) is 9.26. The molecule has 2 amide bonds. The van der Waals surface area contributed by atoms with Crippen LogP contribution in [0.4, 0.5) is 9.59 Å². The number of amides is 2. The molecule has 1 aromatic carbocycles. The van der Waals surface area contributed by atoms with Crippen LogP contribution in [-0.4, -0.2) is 52.8 Å². The van der Waals surface area contributed by atoms with Crippen LogP contribution in [0.25, 0.3) is 0 Å². The summed E-state index contributed by atoms with van der Waals surface area (Å²) in [4.78, 5) is 29.1. The fourth-order valence-corrected chi connectivity index (χ4v) is 4.25. The molecule has 0 bridgehead atoms. The van der Waals surface area contributed by atoms with Gasteiger partial charge in [0.15, 0.2) is 0 Å². The molecule has 6 heteroatoms. The SMILES string of the molecule is CC(c1ccccc1)N1CCCC2(CCCN(C(=O)OC(C)(C)C)CC2)OC1=O. The Hall–Kier alpha value is -2.24. The molecule has 0 radical (unpaired) electrons. The van der Waals surface area contributed by atoms with Crippen molar-refractivity contribution in [2.75, 3.05) is 19.6 Å². The lowest BCUT2D eigenvalue weighted by molar-refractivity contribution is -0.0150. The van der Waals surface area contributed by atoms with Gasteiger partial charge in [0, 0.05) is 26.1 Å². The zero-order chi connectivity index (χ0) is 21.1. The number of ether oxygens (including phenoxy) is 2. The number of carbonyl (C=O) groups excluding carboxylic acids is 2. The van der Waals surface area contributed by atoms with Crippen LogP contribution in [0.5, 0.6) is 0 Å². The summed E-state index contributed by atoms with van der Waals surface area (Å²) in [5, 5.41) is 0. The summed E-state index contributed by atoms with van der Waals surface area (Å²) < 4.78 is 11.6. The Bertz CT molecular complexity index is 715. The van der Waals surface area contributed by atoms with Crippen molar-refractivity contribution in [3.63, 3.8) is 0 Å². The molecule has 0 aliphatic carbocycles. The maximum Gasteiger partial charge on any atom is 0.410 e. The smallest absolute Gasteiger partial charge is 0.410 e. The van der Waals surface area contributed by atoms with Crippen LogP contribution in [-0.2, 0) is 9.47 Å². The lowest BCUT2D eigenvalue weighted by Crippen LogP contribution is -2.41. The lowest BCUT2D eigenvalue weighted by atomic mass is 9.89. The average Bonchev–Trinajstić information content (AvgIpc) is 2.96. The van der Waals surface area contributed by atoms with Crippen molar-refractivity contribution >= 4 is 12.2 Å². The summed E-state index contributed by atoms with van der Waals surface area (Å²) in [5.41, 5.74) is 0.112. The van der Waals surface area contributed by atoms with Crippen molar-refractivity contribution in [2.24, 2.45) is 0 Å². The molecule has 2 fully saturated rings. The molecule has 2 unspecified atom stereocenters. The van der Waals surface area contributed by atoms with E-state index in [1.165, 1.54) is 0 Å². The van der Waals surface area contributed by atoms with E-state index < -0.39 is 11.2 Å². The van der Waals surface area contributed by atoms with Crippen LogP contribution < -0.4 is 0 Å². The quantitative estimate of drug-likeness (QED) is 0.687. The monoisotopic (exact) mass is 402 g/mol. The Morgan fingerprint density at radius 2 is 1.72 bits per heavy atom. The van der Waals surface area contributed by atoms with Crippen LogP contribution >= 0.6 is 0 Å². The van der Waals surface area contributed by atoms with Gasteiger partial charge in [-0.25, -0.2) is 9.59 Å². The second kappa shape index (κ2) is 8.64. The predicted molar refractivity (Wildman–Crippen MR) is 112 cm³/mol. The van der Waals surface area contributed by atoms with Gasteiger partial charge in [0.05, 0.1) is 6.04 Å². The maximum atomic E-state index is 13.0. The topological polar surface area (TPSA) is 59.1 Å². The normalized spacial score (nSPS) is 24.5. The van der Waals surface area contributed by atoms with Crippen LogP contribution in [0.1, 0.15) is 71.4 Å². The molecule has 3 rings (SSSR count). The van der Waals surface area contributed by atoms with Gasteiger partial charge in [-0.15, -0.1) is 0 Å². The van der Waals surface area contributed by atoms with Crippen molar-refractivity contribution < 1.29 is 19.1 Å². The van der Waals surface area contributed by atoms with E-state index in [2.05, 4.69) is 0 Å². The van der Waals surface area contributed by atoms with E-state index in [1.54, 1.807) is 4.90 Å².